The van der Waals surface area contributed by atoms with E-state index in [2.05, 4.69) is 39.4 Å². The topological polar surface area (TPSA) is 9.23 Å². The van der Waals surface area contributed by atoms with Gasteiger partial charge in [0.15, 0.2) is 8.32 Å². The fourth-order valence-electron chi connectivity index (χ4n) is 0.872. The number of hydrogen-bond acceptors (Lipinski definition) is 1. The third-order valence-corrected chi connectivity index (χ3v) is 8.30. The normalized spacial score (nSPS) is 11.0. The predicted octanol–water partition coefficient (Wildman–Crippen LogP) is 3.05. The molecule has 0 aromatic carbocycles. The van der Waals surface area contributed by atoms with Crippen LogP contribution in [0.15, 0.2) is 49.1 Å². The van der Waals surface area contributed by atoms with Crippen LogP contribution in [0.4, 0.5) is 0 Å². The third-order valence-electron chi connectivity index (χ3n) is 1.89. The van der Waals surface area contributed by atoms with Crippen LogP contribution in [0.1, 0.15) is 0 Å². The summed E-state index contributed by atoms with van der Waals surface area (Å²) in [6.45, 7) is 19.3. The summed E-state index contributed by atoms with van der Waals surface area (Å²) in [5, 5.41) is 0. The van der Waals surface area contributed by atoms with Gasteiger partial charge in [-0.05, 0) is 13.1 Å². The van der Waals surface area contributed by atoms with Crippen molar-refractivity contribution in [2.75, 3.05) is 0 Å². The first kappa shape index (κ1) is 16.5. The molecule has 82 valence electrons. The molecule has 0 aliphatic rings. The molecule has 0 amide bonds. The Balaban J connectivity index is 0. The Morgan fingerprint density at radius 3 is 1.43 bits per heavy atom. The van der Waals surface area contributed by atoms with Crippen molar-refractivity contribution in [1.82, 2.24) is 0 Å². The minimum atomic E-state index is -2.09. The van der Waals surface area contributed by atoms with Crippen molar-refractivity contribution in [2.45, 2.75) is 13.1 Å². The quantitative estimate of drug-likeness (QED) is 0.618. The number of hydrogen-bond donors (Lipinski definition) is 0. The van der Waals surface area contributed by atoms with Gasteiger partial charge in [-0.2, -0.15) is 0 Å². The van der Waals surface area contributed by atoms with Crippen LogP contribution in [0.2, 0.25) is 13.1 Å². The van der Waals surface area contributed by atoms with E-state index < -0.39 is 16.6 Å². The summed E-state index contributed by atoms with van der Waals surface area (Å²) in [4.78, 5) is 0. The zero-order valence-corrected chi connectivity index (χ0v) is 13.1. The van der Waals surface area contributed by atoms with Gasteiger partial charge in [0.2, 0.25) is 0 Å². The first-order valence-corrected chi connectivity index (χ1v) is 9.32. The molecule has 0 spiro atoms. The minimum Gasteiger partial charge on any atom is -0.443 e. The van der Waals surface area contributed by atoms with Crippen molar-refractivity contribution in [1.29, 1.82) is 0 Å². The maximum atomic E-state index is 6.03. The third kappa shape index (κ3) is 4.51. The standard InChI is InChI=1S/C10H18OSi2.Pt/c1-7-12(5,6)11-13(8-2,9-3)10-4;/h7-10H,1-4H2,5-6H3;. The molecule has 0 rings (SSSR count). The van der Waals surface area contributed by atoms with E-state index in [9.17, 15) is 0 Å². The summed E-state index contributed by atoms with van der Waals surface area (Å²) in [6, 6.07) is 0. The van der Waals surface area contributed by atoms with Gasteiger partial charge in [-0.3, -0.25) is 0 Å². The monoisotopic (exact) mass is 405 g/mol. The summed E-state index contributed by atoms with van der Waals surface area (Å²) in [5.41, 5.74) is 7.42. The molecule has 0 heterocycles. The molecular weight excluding hydrogens is 387 g/mol. The molecule has 0 radical (unpaired) electrons. The van der Waals surface area contributed by atoms with Gasteiger partial charge in [-0.15, -0.1) is 26.3 Å². The van der Waals surface area contributed by atoms with E-state index >= 15 is 0 Å². The van der Waals surface area contributed by atoms with E-state index in [4.69, 9.17) is 4.12 Å². The summed E-state index contributed by atoms with van der Waals surface area (Å²) in [5.74, 6) is 0. The van der Waals surface area contributed by atoms with Crippen molar-refractivity contribution in [2.24, 2.45) is 0 Å². The van der Waals surface area contributed by atoms with Crippen LogP contribution < -0.4 is 0 Å². The molecule has 0 fully saturated rings. The molecule has 1 nitrogen and oxygen atoms in total. The Kier molecular flexibility index (Phi) is 7.66. The second-order valence-electron chi connectivity index (χ2n) is 3.38. The van der Waals surface area contributed by atoms with Gasteiger partial charge in [-0.25, -0.2) is 0 Å². The van der Waals surface area contributed by atoms with Gasteiger partial charge in [0.05, 0.1) is 0 Å². The van der Waals surface area contributed by atoms with Crippen LogP contribution in [-0.4, -0.2) is 16.6 Å². The van der Waals surface area contributed by atoms with Gasteiger partial charge in [0.1, 0.15) is 0 Å². The predicted molar refractivity (Wildman–Crippen MR) is 65.1 cm³/mol. The van der Waals surface area contributed by atoms with Gasteiger partial charge >= 0.3 is 0 Å². The molecule has 0 N–H and O–H groups in total. The molecule has 0 atom stereocenters. The number of rotatable bonds is 6. The Labute approximate surface area is 104 Å². The maximum absolute atomic E-state index is 6.03. The first-order valence-electron chi connectivity index (χ1n) is 4.20. The van der Waals surface area contributed by atoms with Crippen molar-refractivity contribution in [3.8, 4) is 0 Å². The molecule has 0 aromatic heterocycles. The SMILES string of the molecule is C=C[Si](C)(C)O[Si](C=C)(C=C)C=C.[Pt]. The molecule has 0 aromatic rings. The zero-order chi connectivity index (χ0) is 10.5. The van der Waals surface area contributed by atoms with E-state index in [1.54, 1.807) is 0 Å². The van der Waals surface area contributed by atoms with Crippen LogP contribution in [0.5, 0.6) is 0 Å². The average molecular weight is 406 g/mol. The summed E-state index contributed by atoms with van der Waals surface area (Å²) < 4.78 is 6.03. The minimum absolute atomic E-state index is 0. The van der Waals surface area contributed by atoms with Crippen LogP contribution in [0.3, 0.4) is 0 Å². The molecule has 0 saturated carbocycles. The van der Waals surface area contributed by atoms with E-state index in [0.29, 0.717) is 0 Å². The van der Waals surface area contributed by atoms with Crippen LogP contribution in [0.25, 0.3) is 0 Å². The largest absolute Gasteiger partial charge is 0.443 e. The molecule has 0 unspecified atom stereocenters. The average Bonchev–Trinajstić information content (AvgIpc) is 2.14. The molecule has 0 saturated heterocycles. The Hall–Kier alpha value is 0.0421. The van der Waals surface area contributed by atoms with Crippen LogP contribution in [0, 0.1) is 0 Å². The van der Waals surface area contributed by atoms with Crippen LogP contribution >= 0.6 is 0 Å². The second-order valence-corrected chi connectivity index (χ2v) is 10.7. The Morgan fingerprint density at radius 1 is 0.857 bits per heavy atom. The molecule has 0 bridgehead atoms. The Morgan fingerprint density at radius 2 is 1.21 bits per heavy atom. The van der Waals surface area contributed by atoms with Crippen molar-refractivity contribution in [3.63, 3.8) is 0 Å². The van der Waals surface area contributed by atoms with E-state index in [1.807, 2.05) is 22.8 Å². The molecular formula is C10H18OPtSi2. The molecule has 14 heavy (non-hydrogen) atoms. The van der Waals surface area contributed by atoms with E-state index in [-0.39, 0.29) is 21.1 Å². The smallest absolute Gasteiger partial charge is 0.254 e. The summed E-state index contributed by atoms with van der Waals surface area (Å²) in [7, 11) is -3.86. The van der Waals surface area contributed by atoms with Gasteiger partial charge in [0, 0.05) is 21.1 Å². The first-order chi connectivity index (χ1) is 5.95. The Bertz CT molecular complexity index is 215. The zero-order valence-electron chi connectivity index (χ0n) is 8.86. The molecule has 0 aliphatic carbocycles. The van der Waals surface area contributed by atoms with E-state index in [1.165, 1.54) is 0 Å². The van der Waals surface area contributed by atoms with Gasteiger partial charge in [0.25, 0.3) is 8.32 Å². The van der Waals surface area contributed by atoms with Gasteiger partial charge in [-0.1, -0.05) is 22.8 Å². The van der Waals surface area contributed by atoms with E-state index in [0.717, 1.165) is 0 Å². The van der Waals surface area contributed by atoms with Crippen molar-refractivity contribution >= 4 is 16.6 Å². The van der Waals surface area contributed by atoms with Crippen molar-refractivity contribution in [3.05, 3.63) is 49.1 Å². The fourth-order valence-corrected chi connectivity index (χ4v) is 6.35. The second kappa shape index (κ2) is 6.51. The summed E-state index contributed by atoms with van der Waals surface area (Å²) >= 11 is 0. The maximum Gasteiger partial charge on any atom is 0.254 e. The fraction of sp³-hybridized carbons (Fsp3) is 0.200. The summed E-state index contributed by atoms with van der Waals surface area (Å²) in [6.07, 6.45) is 0. The molecule has 0 aliphatic heterocycles. The van der Waals surface area contributed by atoms with Crippen LogP contribution in [-0.2, 0) is 25.2 Å². The molecule has 4 heteroatoms. The van der Waals surface area contributed by atoms with Crippen molar-refractivity contribution < 1.29 is 25.2 Å². The van der Waals surface area contributed by atoms with Gasteiger partial charge < -0.3 is 4.12 Å².